The topological polar surface area (TPSA) is 231 Å². The van der Waals surface area contributed by atoms with Gasteiger partial charge < -0.3 is 34.2 Å². The molecule has 0 spiro atoms. The van der Waals surface area contributed by atoms with Crippen LogP contribution in [0.5, 0.6) is 0 Å². The van der Waals surface area contributed by atoms with Crippen LogP contribution in [0.3, 0.4) is 0 Å². The Labute approximate surface area is 634 Å². The molecule has 0 fully saturated rings. The molecule has 18 heteroatoms. The number of rotatable bonds is 71. The summed E-state index contributed by atoms with van der Waals surface area (Å²) < 4.78 is 61.1. The number of phosphoric acid groups is 2. The van der Waals surface area contributed by atoms with Gasteiger partial charge in [-0.15, -0.1) is 0 Å². The van der Waals surface area contributed by atoms with Crippen molar-refractivity contribution < 1.29 is 75.8 Å². The van der Waals surface area contributed by atoms with E-state index in [9.17, 15) is 43.5 Å². The van der Waals surface area contributed by atoms with Crippen LogP contribution in [0.4, 0.5) is 0 Å². The molecule has 0 heterocycles. The van der Waals surface area contributed by atoms with E-state index in [1.54, 1.807) is 0 Å². The summed E-state index contributed by atoms with van der Waals surface area (Å²) in [7, 11) is -9.85. The molecule has 0 aromatic heterocycles. The lowest BCUT2D eigenvalue weighted by atomic mass is 10.1. The fourth-order valence-corrected chi connectivity index (χ4v) is 10.9. The summed E-state index contributed by atoms with van der Waals surface area (Å²) in [5.41, 5.74) is 0. The normalized spacial score (nSPS) is 15.2. The average Bonchev–Trinajstić information content (AvgIpc) is 0.922. The summed E-state index contributed by atoms with van der Waals surface area (Å²) in [5, 5.41) is 20.6. The summed E-state index contributed by atoms with van der Waals surface area (Å²) >= 11 is 0. The third-order valence-electron chi connectivity index (χ3n) is 15.2. The molecule has 5 unspecified atom stereocenters. The van der Waals surface area contributed by atoms with Crippen LogP contribution in [-0.2, 0) is 55.8 Å². The van der Waals surface area contributed by atoms with E-state index in [2.05, 4.69) is 240 Å². The zero-order chi connectivity index (χ0) is 76.6. The summed E-state index contributed by atoms with van der Waals surface area (Å²) in [4.78, 5) is 58.7. The maximum Gasteiger partial charge on any atom is 0.472 e. The van der Waals surface area contributed by atoms with Gasteiger partial charge in [-0.05, 0) is 173 Å². The van der Waals surface area contributed by atoms with Gasteiger partial charge in [-0.2, -0.15) is 0 Å². The third kappa shape index (κ3) is 78.8. The van der Waals surface area contributed by atoms with Crippen molar-refractivity contribution in [3.05, 3.63) is 219 Å². The lowest BCUT2D eigenvalue weighted by Gasteiger charge is -2.21. The zero-order valence-corrected chi connectivity index (χ0v) is 66.1. The predicted molar refractivity (Wildman–Crippen MR) is 435 cm³/mol. The molecule has 0 saturated heterocycles. The number of ether oxygens (including phenoxy) is 3. The highest BCUT2D eigenvalue weighted by Crippen LogP contribution is 2.45. The Morgan fingerprint density at radius 1 is 0.267 bits per heavy atom. The number of aliphatic hydroxyl groups excluding tert-OH is 2. The minimum atomic E-state index is -4.97. The minimum absolute atomic E-state index is 0.0291. The number of esters is 3. The number of unbranched alkanes of at least 4 members (excludes halogenated alkanes) is 12. The standard InChI is InChI=1S/C87H136O16P2/c1-4-7-10-13-16-19-22-25-28-31-34-37-38-39-40-41-42-45-47-49-52-55-58-61-64-67-70-73-85(90)97-76-82(88)77-99-104(93,94)100-78-83(89)79-101-105(95,96)102-81-84(103-87(92)75-72-69-66-63-60-57-54-51-48-44-36-33-30-27-24-21-18-15-12-9-6-3)80-98-86(91)74-71-68-65-62-59-56-53-50-46-43-35-32-29-26-23-20-17-14-11-8-5-2/h7-12,16-21,25-30,34-37,39-40,42-45,50-51,53-54,59-60,62-63,82-84,88-89H,4-6,13-15,22-24,31-33,38,41,46-49,52,55-58,61,64-81H2,1-3H3,(H,93,94)(H,95,96)/b10-7-,11-8-,12-9-,19-16-,20-17-,21-18-,28-25-,29-26-,30-27-,37-34-,40-39-,43-35-,44-36-,45-42-,53-50-,54-51-,62-59-,63-60-. The summed E-state index contributed by atoms with van der Waals surface area (Å²) in [6.07, 6.45) is 104. The number of hydrogen-bond donors (Lipinski definition) is 4. The largest absolute Gasteiger partial charge is 0.472 e. The van der Waals surface area contributed by atoms with E-state index >= 15 is 0 Å². The first-order valence-corrected chi connectivity index (χ1v) is 42.0. The number of allylic oxidation sites excluding steroid dienone is 36. The Bertz CT molecular complexity index is 2790. The van der Waals surface area contributed by atoms with E-state index in [0.717, 1.165) is 167 Å². The van der Waals surface area contributed by atoms with Crippen molar-refractivity contribution in [2.75, 3.05) is 39.6 Å². The molecule has 5 atom stereocenters. The Morgan fingerprint density at radius 3 is 0.771 bits per heavy atom. The van der Waals surface area contributed by atoms with Crippen LogP contribution in [0.15, 0.2) is 219 Å². The average molecular weight is 1500 g/mol. The lowest BCUT2D eigenvalue weighted by Crippen LogP contribution is -2.30. The number of hydrogen-bond acceptors (Lipinski definition) is 14. The molecule has 0 aliphatic heterocycles. The highest BCUT2D eigenvalue weighted by atomic mass is 31.2. The molecular weight excluding hydrogens is 1360 g/mol. The molecule has 0 aromatic rings. The maximum absolute atomic E-state index is 13.0. The second kappa shape index (κ2) is 77.5. The second-order valence-corrected chi connectivity index (χ2v) is 27.9. The molecule has 4 N–H and O–H groups in total. The van der Waals surface area contributed by atoms with Gasteiger partial charge in [-0.1, -0.05) is 278 Å². The highest BCUT2D eigenvalue weighted by Gasteiger charge is 2.29. The zero-order valence-electron chi connectivity index (χ0n) is 64.3. The Kier molecular flexibility index (Phi) is 73.0. The number of phosphoric ester groups is 2. The lowest BCUT2D eigenvalue weighted by molar-refractivity contribution is -0.161. The van der Waals surface area contributed by atoms with Gasteiger partial charge in [-0.3, -0.25) is 32.5 Å². The van der Waals surface area contributed by atoms with E-state index in [4.69, 9.17) is 32.3 Å². The smallest absolute Gasteiger partial charge is 0.463 e. The Balaban J connectivity index is 4.78. The van der Waals surface area contributed by atoms with E-state index in [1.165, 1.54) is 19.3 Å². The van der Waals surface area contributed by atoms with Crippen LogP contribution in [0.25, 0.3) is 0 Å². The van der Waals surface area contributed by atoms with Crippen LogP contribution in [0, 0.1) is 0 Å². The third-order valence-corrected chi connectivity index (χ3v) is 17.1. The summed E-state index contributed by atoms with van der Waals surface area (Å²) in [5.74, 6) is -1.71. The fraction of sp³-hybridized carbons (Fsp3) is 0.552. The molecule has 0 aliphatic carbocycles. The first-order chi connectivity index (χ1) is 51.2. The molecule has 0 radical (unpaired) electrons. The molecule has 0 rings (SSSR count). The quantitative estimate of drug-likeness (QED) is 0.0146. The van der Waals surface area contributed by atoms with Crippen molar-refractivity contribution in [1.82, 2.24) is 0 Å². The molecule has 0 bridgehead atoms. The summed E-state index contributed by atoms with van der Waals surface area (Å²) in [6.45, 7) is 2.18. The molecule has 105 heavy (non-hydrogen) atoms. The highest BCUT2D eigenvalue weighted by molar-refractivity contribution is 7.47. The number of aliphatic hydroxyl groups is 2. The van der Waals surface area contributed by atoms with Gasteiger partial charge in [0.1, 0.15) is 25.4 Å². The fourth-order valence-electron chi connectivity index (χ4n) is 9.34. The summed E-state index contributed by atoms with van der Waals surface area (Å²) in [6, 6.07) is 0. The molecule has 0 amide bonds. The van der Waals surface area contributed by atoms with Crippen molar-refractivity contribution in [1.29, 1.82) is 0 Å². The number of carbonyl (C=O) groups is 3. The Morgan fingerprint density at radius 2 is 0.476 bits per heavy atom. The van der Waals surface area contributed by atoms with Gasteiger partial charge in [0.05, 0.1) is 26.4 Å². The second-order valence-electron chi connectivity index (χ2n) is 25.0. The van der Waals surface area contributed by atoms with Crippen molar-refractivity contribution in [2.45, 2.75) is 270 Å². The van der Waals surface area contributed by atoms with E-state index in [-0.39, 0.29) is 19.3 Å². The molecule has 590 valence electrons. The minimum Gasteiger partial charge on any atom is -0.463 e. The van der Waals surface area contributed by atoms with Gasteiger partial charge in [0.2, 0.25) is 0 Å². The molecular formula is C87H136O16P2. The monoisotopic (exact) mass is 1500 g/mol. The van der Waals surface area contributed by atoms with Gasteiger partial charge in [-0.25, -0.2) is 9.13 Å². The molecule has 0 aromatic carbocycles. The first-order valence-electron chi connectivity index (χ1n) is 39.0. The van der Waals surface area contributed by atoms with Crippen molar-refractivity contribution in [2.24, 2.45) is 0 Å². The molecule has 0 aliphatic rings. The van der Waals surface area contributed by atoms with E-state index < -0.39 is 91.5 Å². The van der Waals surface area contributed by atoms with Crippen LogP contribution < -0.4 is 0 Å². The van der Waals surface area contributed by atoms with Crippen LogP contribution >= 0.6 is 15.6 Å². The van der Waals surface area contributed by atoms with Crippen LogP contribution in [0.1, 0.15) is 252 Å². The maximum atomic E-state index is 13.0. The van der Waals surface area contributed by atoms with Gasteiger partial charge >= 0.3 is 33.6 Å². The Hall–Kier alpha value is -6.13. The molecule has 0 saturated carbocycles. The van der Waals surface area contributed by atoms with Gasteiger partial charge in [0.25, 0.3) is 0 Å². The van der Waals surface area contributed by atoms with Crippen molar-refractivity contribution >= 4 is 33.6 Å². The first kappa shape index (κ1) is 98.9. The van der Waals surface area contributed by atoms with E-state index in [1.807, 2.05) is 0 Å². The van der Waals surface area contributed by atoms with Gasteiger partial charge in [0.15, 0.2) is 6.10 Å². The van der Waals surface area contributed by atoms with Crippen molar-refractivity contribution in [3.8, 4) is 0 Å². The van der Waals surface area contributed by atoms with Crippen LogP contribution in [0.2, 0.25) is 0 Å². The van der Waals surface area contributed by atoms with Crippen LogP contribution in [-0.4, -0.2) is 95.9 Å². The van der Waals surface area contributed by atoms with Gasteiger partial charge in [0, 0.05) is 19.3 Å². The van der Waals surface area contributed by atoms with Crippen molar-refractivity contribution in [3.63, 3.8) is 0 Å². The molecule has 16 nitrogen and oxygen atoms in total. The number of carbonyl (C=O) groups excluding carboxylic acids is 3. The van der Waals surface area contributed by atoms with E-state index in [0.29, 0.717) is 25.7 Å². The predicted octanol–water partition coefficient (Wildman–Crippen LogP) is 23.1. The SMILES string of the molecule is CC/C=C\C/C=C\C/C=C\C/C=C\C/C=C\C/C=C\CCCCCCCCCCC(=O)OCC(O)COP(=O)(O)OCC(O)COP(=O)(O)OCC(COC(=O)CCCC/C=C\C/C=C\C/C=C\C/C=C\C/C=C\C/C=C\CC)OC(=O)CCCC/C=C\C/C=C\C/C=C\C/C=C\C/C=C\C/C=C\CC.